The summed E-state index contributed by atoms with van der Waals surface area (Å²) in [6, 6.07) is 14.3. The van der Waals surface area contributed by atoms with Crippen LogP contribution in [0.15, 0.2) is 42.5 Å². The molecule has 0 spiro atoms. The van der Waals surface area contributed by atoms with Crippen LogP contribution in [0.1, 0.15) is 43.0 Å². The van der Waals surface area contributed by atoms with E-state index >= 15 is 0 Å². The van der Waals surface area contributed by atoms with Crippen molar-refractivity contribution >= 4 is 0 Å². The fourth-order valence-corrected chi connectivity index (χ4v) is 3.61. The van der Waals surface area contributed by atoms with Gasteiger partial charge in [-0.25, -0.2) is 0 Å². The predicted molar refractivity (Wildman–Crippen MR) is 97.5 cm³/mol. The van der Waals surface area contributed by atoms with Gasteiger partial charge in [-0.05, 0) is 41.3 Å². The van der Waals surface area contributed by atoms with Gasteiger partial charge in [0.05, 0.1) is 7.11 Å². The van der Waals surface area contributed by atoms with Crippen molar-refractivity contribution in [3.05, 3.63) is 64.7 Å². The third-order valence-electron chi connectivity index (χ3n) is 4.91. The third-order valence-corrected chi connectivity index (χ3v) is 4.91. The summed E-state index contributed by atoms with van der Waals surface area (Å²) in [5, 5.41) is 11.7. The van der Waals surface area contributed by atoms with E-state index in [0.29, 0.717) is 6.54 Å². The standard InChI is InChI=1S/C21H27NO2/c1-20(2,3)16-10-11-19(24-5)18(12-16)21(23)14-22(4)13-15-8-6-7-9-17(15)21/h6-12,23H,13-14H2,1-5H3. The van der Waals surface area contributed by atoms with Crippen molar-refractivity contribution in [2.24, 2.45) is 0 Å². The molecular formula is C21H27NO2. The van der Waals surface area contributed by atoms with Crippen molar-refractivity contribution < 1.29 is 9.84 Å². The van der Waals surface area contributed by atoms with Crippen LogP contribution in [0, 0.1) is 0 Å². The molecule has 0 saturated heterocycles. The lowest BCUT2D eigenvalue weighted by Gasteiger charge is -2.40. The lowest BCUT2D eigenvalue weighted by molar-refractivity contribution is 0.0262. The minimum atomic E-state index is -1.07. The van der Waals surface area contributed by atoms with Crippen molar-refractivity contribution in [1.29, 1.82) is 0 Å². The molecule has 0 radical (unpaired) electrons. The van der Waals surface area contributed by atoms with Gasteiger partial charge in [-0.1, -0.05) is 51.1 Å². The Morgan fingerprint density at radius 2 is 1.79 bits per heavy atom. The van der Waals surface area contributed by atoms with E-state index in [0.717, 1.165) is 29.0 Å². The molecule has 3 heteroatoms. The summed E-state index contributed by atoms with van der Waals surface area (Å²) in [6.07, 6.45) is 0. The molecule has 0 fully saturated rings. The third kappa shape index (κ3) is 2.83. The van der Waals surface area contributed by atoms with Crippen molar-refractivity contribution in [3.63, 3.8) is 0 Å². The Labute approximate surface area is 144 Å². The zero-order chi connectivity index (χ0) is 17.5. The molecule has 0 bridgehead atoms. The summed E-state index contributed by atoms with van der Waals surface area (Å²) in [7, 11) is 3.71. The molecule has 24 heavy (non-hydrogen) atoms. The highest BCUT2D eigenvalue weighted by molar-refractivity contribution is 5.51. The highest BCUT2D eigenvalue weighted by Crippen LogP contribution is 2.42. The molecule has 0 saturated carbocycles. The van der Waals surface area contributed by atoms with E-state index < -0.39 is 5.60 Å². The van der Waals surface area contributed by atoms with Gasteiger partial charge in [0.25, 0.3) is 0 Å². The molecule has 3 rings (SSSR count). The van der Waals surface area contributed by atoms with Crippen LogP contribution in [0.4, 0.5) is 0 Å². The lowest BCUT2D eigenvalue weighted by atomic mass is 9.77. The summed E-state index contributed by atoms with van der Waals surface area (Å²) in [4.78, 5) is 2.16. The van der Waals surface area contributed by atoms with E-state index in [1.54, 1.807) is 7.11 Å². The molecule has 1 N–H and O–H groups in total. The van der Waals surface area contributed by atoms with Gasteiger partial charge in [0.15, 0.2) is 0 Å². The predicted octanol–water partition coefficient (Wildman–Crippen LogP) is 3.67. The largest absolute Gasteiger partial charge is 0.496 e. The number of β-amino-alcohol motifs (C(OH)–C–C–N with tert-alkyl or cyclic N) is 1. The van der Waals surface area contributed by atoms with Crippen LogP contribution in [-0.4, -0.2) is 30.7 Å². The number of nitrogens with zero attached hydrogens (tertiary/aromatic N) is 1. The van der Waals surface area contributed by atoms with Crippen molar-refractivity contribution in [2.45, 2.75) is 38.3 Å². The van der Waals surface area contributed by atoms with E-state index in [9.17, 15) is 5.11 Å². The first-order valence-electron chi connectivity index (χ1n) is 8.44. The summed E-state index contributed by atoms with van der Waals surface area (Å²) in [5.74, 6) is 0.732. The molecule has 0 amide bonds. The SMILES string of the molecule is COc1ccc(C(C)(C)C)cc1C1(O)CN(C)Cc2ccccc21. The maximum atomic E-state index is 11.7. The first-order chi connectivity index (χ1) is 11.3. The molecule has 128 valence electrons. The number of rotatable bonds is 2. The first kappa shape index (κ1) is 17.0. The Bertz CT molecular complexity index is 748. The number of aliphatic hydroxyl groups is 1. The number of methoxy groups -OCH3 is 1. The fraction of sp³-hybridized carbons (Fsp3) is 0.429. The monoisotopic (exact) mass is 325 g/mol. The summed E-state index contributed by atoms with van der Waals surface area (Å²) in [6.45, 7) is 7.95. The summed E-state index contributed by atoms with van der Waals surface area (Å²) < 4.78 is 5.60. The van der Waals surface area contributed by atoms with Crippen LogP contribution >= 0.6 is 0 Å². The van der Waals surface area contributed by atoms with E-state index in [1.807, 2.05) is 31.3 Å². The second-order valence-corrected chi connectivity index (χ2v) is 7.85. The molecular weight excluding hydrogens is 298 g/mol. The van der Waals surface area contributed by atoms with Crippen LogP contribution in [-0.2, 0) is 17.6 Å². The van der Waals surface area contributed by atoms with Gasteiger partial charge in [0.2, 0.25) is 0 Å². The minimum absolute atomic E-state index is 0.0114. The van der Waals surface area contributed by atoms with E-state index in [2.05, 4.69) is 43.9 Å². The normalized spacial score (nSPS) is 21.4. The van der Waals surface area contributed by atoms with Gasteiger partial charge in [-0.15, -0.1) is 0 Å². The van der Waals surface area contributed by atoms with Crippen LogP contribution in [0.5, 0.6) is 5.75 Å². The zero-order valence-corrected chi connectivity index (χ0v) is 15.3. The van der Waals surface area contributed by atoms with E-state index in [-0.39, 0.29) is 5.41 Å². The van der Waals surface area contributed by atoms with Crippen molar-refractivity contribution in [2.75, 3.05) is 20.7 Å². The second kappa shape index (κ2) is 5.91. The lowest BCUT2D eigenvalue weighted by Crippen LogP contribution is -2.45. The van der Waals surface area contributed by atoms with Gasteiger partial charge in [-0.3, -0.25) is 4.90 Å². The highest BCUT2D eigenvalue weighted by Gasteiger charge is 2.40. The van der Waals surface area contributed by atoms with Crippen molar-refractivity contribution in [3.8, 4) is 5.75 Å². The van der Waals surface area contributed by atoms with E-state index in [1.165, 1.54) is 5.56 Å². The summed E-state index contributed by atoms with van der Waals surface area (Å²) >= 11 is 0. The highest BCUT2D eigenvalue weighted by atomic mass is 16.5. The smallest absolute Gasteiger partial charge is 0.131 e. The Balaban J connectivity index is 2.24. The number of likely N-dealkylation sites (N-methyl/N-ethyl adjacent to an activating group) is 1. The van der Waals surface area contributed by atoms with Gasteiger partial charge in [0.1, 0.15) is 11.4 Å². The van der Waals surface area contributed by atoms with Crippen LogP contribution in [0.25, 0.3) is 0 Å². The van der Waals surface area contributed by atoms with Crippen molar-refractivity contribution in [1.82, 2.24) is 4.90 Å². The second-order valence-electron chi connectivity index (χ2n) is 7.85. The number of ether oxygens (including phenoxy) is 1. The molecule has 2 aromatic carbocycles. The average Bonchev–Trinajstić information content (AvgIpc) is 2.53. The van der Waals surface area contributed by atoms with Gasteiger partial charge in [0, 0.05) is 18.7 Å². The molecule has 3 nitrogen and oxygen atoms in total. The van der Waals surface area contributed by atoms with Gasteiger partial charge in [-0.2, -0.15) is 0 Å². The quantitative estimate of drug-likeness (QED) is 0.914. The number of hydrogen-bond donors (Lipinski definition) is 1. The molecule has 1 aliphatic heterocycles. The molecule has 1 atom stereocenters. The average molecular weight is 325 g/mol. The van der Waals surface area contributed by atoms with Gasteiger partial charge >= 0.3 is 0 Å². The van der Waals surface area contributed by atoms with Gasteiger partial charge < -0.3 is 9.84 Å². The maximum Gasteiger partial charge on any atom is 0.131 e. The Morgan fingerprint density at radius 1 is 1.08 bits per heavy atom. The van der Waals surface area contributed by atoms with E-state index in [4.69, 9.17) is 4.74 Å². The Morgan fingerprint density at radius 3 is 2.46 bits per heavy atom. The number of fused-ring (bicyclic) bond motifs is 1. The first-order valence-corrected chi connectivity index (χ1v) is 8.44. The zero-order valence-electron chi connectivity index (χ0n) is 15.3. The van der Waals surface area contributed by atoms with Crippen LogP contribution < -0.4 is 4.74 Å². The Hall–Kier alpha value is -1.84. The molecule has 0 aromatic heterocycles. The maximum absolute atomic E-state index is 11.7. The van der Waals surface area contributed by atoms with Crippen LogP contribution in [0.3, 0.4) is 0 Å². The molecule has 1 aliphatic rings. The molecule has 0 aliphatic carbocycles. The summed E-state index contributed by atoms with van der Waals surface area (Å²) in [5.41, 5.74) is 3.12. The molecule has 2 aromatic rings. The Kier molecular flexibility index (Phi) is 4.18. The molecule has 1 unspecified atom stereocenters. The topological polar surface area (TPSA) is 32.7 Å². The fourth-order valence-electron chi connectivity index (χ4n) is 3.61. The molecule has 1 heterocycles. The number of hydrogen-bond acceptors (Lipinski definition) is 3. The minimum Gasteiger partial charge on any atom is -0.496 e. The number of benzene rings is 2. The van der Waals surface area contributed by atoms with Crippen LogP contribution in [0.2, 0.25) is 0 Å².